The largest absolute Gasteiger partial charge is 0.373 e. The zero-order valence-electron chi connectivity index (χ0n) is 9.47. The molecule has 2 rings (SSSR count). The molecule has 0 bridgehead atoms. The minimum absolute atomic E-state index is 0.881. The second kappa shape index (κ2) is 3.42. The highest BCUT2D eigenvalue weighted by molar-refractivity contribution is 5.69. The maximum absolute atomic E-state index is 4.54. The molecular formula is C10H15N5. The first-order chi connectivity index (χ1) is 7.09. The Morgan fingerprint density at radius 3 is 2.47 bits per heavy atom. The number of hydrogen-bond donors (Lipinski definition) is 0. The topological polar surface area (TPSA) is 36.7 Å². The Balaban J connectivity index is 2.61. The van der Waals surface area contributed by atoms with Crippen LogP contribution in [0.25, 0.3) is 5.65 Å². The summed E-state index contributed by atoms with van der Waals surface area (Å²) in [5.41, 5.74) is 1.91. The van der Waals surface area contributed by atoms with Gasteiger partial charge >= 0.3 is 0 Å². The van der Waals surface area contributed by atoms with Crippen molar-refractivity contribution in [3.05, 3.63) is 18.5 Å². The Morgan fingerprint density at radius 1 is 1.13 bits per heavy atom. The van der Waals surface area contributed by atoms with Crippen molar-refractivity contribution in [2.24, 2.45) is 0 Å². The summed E-state index contributed by atoms with van der Waals surface area (Å²) >= 11 is 0. The molecule has 2 heterocycles. The standard InChI is InChI=1S/C10H15N5/c1-13(2)8-7-11-15-6-5-9(14(3)4)12-10(8)15/h5-7H,1-4H3. The fourth-order valence-corrected chi connectivity index (χ4v) is 1.41. The Hall–Kier alpha value is -1.78. The van der Waals surface area contributed by atoms with E-state index in [9.17, 15) is 0 Å². The van der Waals surface area contributed by atoms with E-state index in [0.29, 0.717) is 0 Å². The van der Waals surface area contributed by atoms with E-state index >= 15 is 0 Å². The third-order valence-corrected chi connectivity index (χ3v) is 2.28. The third-order valence-electron chi connectivity index (χ3n) is 2.28. The molecule has 0 saturated heterocycles. The molecule has 0 unspecified atom stereocenters. The van der Waals surface area contributed by atoms with Crippen LogP contribution in [0, 0.1) is 0 Å². The van der Waals surface area contributed by atoms with Crippen molar-refractivity contribution in [3.63, 3.8) is 0 Å². The number of anilines is 2. The number of hydrogen-bond acceptors (Lipinski definition) is 4. The van der Waals surface area contributed by atoms with Gasteiger partial charge in [0, 0.05) is 34.4 Å². The van der Waals surface area contributed by atoms with E-state index in [4.69, 9.17) is 0 Å². The van der Waals surface area contributed by atoms with Gasteiger partial charge in [0.15, 0.2) is 5.65 Å². The van der Waals surface area contributed by atoms with Crippen molar-refractivity contribution < 1.29 is 0 Å². The smallest absolute Gasteiger partial charge is 0.180 e. The first-order valence-electron chi connectivity index (χ1n) is 4.78. The lowest BCUT2D eigenvalue weighted by Gasteiger charge is -2.13. The Labute approximate surface area is 88.9 Å². The summed E-state index contributed by atoms with van der Waals surface area (Å²) in [5.74, 6) is 0.936. The Morgan fingerprint density at radius 2 is 1.87 bits per heavy atom. The van der Waals surface area contributed by atoms with Crippen LogP contribution in [0.1, 0.15) is 0 Å². The second-order valence-corrected chi connectivity index (χ2v) is 3.87. The SMILES string of the molecule is CN(C)c1ccn2ncc(N(C)C)c2n1. The summed E-state index contributed by atoms with van der Waals surface area (Å²) in [7, 11) is 7.93. The van der Waals surface area contributed by atoms with Gasteiger partial charge in [-0.1, -0.05) is 0 Å². The van der Waals surface area contributed by atoms with Gasteiger partial charge in [-0.15, -0.1) is 0 Å². The lowest BCUT2D eigenvalue weighted by molar-refractivity contribution is 0.928. The fourth-order valence-electron chi connectivity index (χ4n) is 1.41. The van der Waals surface area contributed by atoms with Crippen LogP contribution < -0.4 is 9.80 Å². The van der Waals surface area contributed by atoms with E-state index in [1.54, 1.807) is 4.52 Å². The molecule has 0 amide bonds. The first-order valence-corrected chi connectivity index (χ1v) is 4.78. The van der Waals surface area contributed by atoms with Crippen LogP contribution in [0.3, 0.4) is 0 Å². The van der Waals surface area contributed by atoms with Crippen molar-refractivity contribution in [3.8, 4) is 0 Å². The molecule has 5 nitrogen and oxygen atoms in total. The molecule has 0 fully saturated rings. The molecule has 0 atom stereocenters. The summed E-state index contributed by atoms with van der Waals surface area (Å²) < 4.78 is 1.78. The van der Waals surface area contributed by atoms with Crippen molar-refractivity contribution in [1.82, 2.24) is 14.6 Å². The van der Waals surface area contributed by atoms with Gasteiger partial charge in [0.25, 0.3) is 0 Å². The average Bonchev–Trinajstić information content (AvgIpc) is 2.59. The Bertz CT molecular complexity index is 472. The monoisotopic (exact) mass is 205 g/mol. The third kappa shape index (κ3) is 1.60. The molecule has 0 aromatic carbocycles. The summed E-state index contributed by atoms with van der Waals surface area (Å²) in [6.07, 6.45) is 3.74. The van der Waals surface area contributed by atoms with Gasteiger partial charge in [-0.05, 0) is 6.07 Å². The molecular weight excluding hydrogens is 190 g/mol. The minimum atomic E-state index is 0.881. The average molecular weight is 205 g/mol. The van der Waals surface area contributed by atoms with E-state index in [-0.39, 0.29) is 0 Å². The number of aromatic nitrogens is 3. The van der Waals surface area contributed by atoms with Crippen LogP contribution in [0.4, 0.5) is 11.5 Å². The highest BCUT2D eigenvalue weighted by atomic mass is 15.3. The fraction of sp³-hybridized carbons (Fsp3) is 0.400. The molecule has 0 radical (unpaired) electrons. The van der Waals surface area contributed by atoms with E-state index in [1.165, 1.54) is 0 Å². The van der Waals surface area contributed by atoms with Crippen molar-refractivity contribution in [1.29, 1.82) is 0 Å². The maximum Gasteiger partial charge on any atom is 0.180 e. The molecule has 15 heavy (non-hydrogen) atoms. The molecule has 0 N–H and O–H groups in total. The van der Waals surface area contributed by atoms with Crippen LogP contribution in [0.5, 0.6) is 0 Å². The predicted octanol–water partition coefficient (Wildman–Crippen LogP) is 0.861. The van der Waals surface area contributed by atoms with Gasteiger partial charge in [-0.2, -0.15) is 5.10 Å². The zero-order chi connectivity index (χ0) is 11.0. The number of nitrogens with zero attached hydrogens (tertiary/aromatic N) is 5. The van der Waals surface area contributed by atoms with E-state index in [2.05, 4.69) is 10.1 Å². The molecule has 0 spiro atoms. The Kier molecular flexibility index (Phi) is 2.22. The predicted molar refractivity (Wildman–Crippen MR) is 61.6 cm³/mol. The van der Waals surface area contributed by atoms with Crippen LogP contribution in [0.2, 0.25) is 0 Å². The molecule has 0 aliphatic heterocycles. The normalized spacial score (nSPS) is 10.7. The summed E-state index contributed by atoms with van der Waals surface area (Å²) in [5, 5.41) is 4.23. The van der Waals surface area contributed by atoms with E-state index in [0.717, 1.165) is 17.2 Å². The van der Waals surface area contributed by atoms with E-state index in [1.807, 2.05) is 56.5 Å². The molecule has 0 aliphatic carbocycles. The molecule has 5 heteroatoms. The van der Waals surface area contributed by atoms with Gasteiger partial charge in [0.1, 0.15) is 11.5 Å². The van der Waals surface area contributed by atoms with Gasteiger partial charge in [0.2, 0.25) is 0 Å². The van der Waals surface area contributed by atoms with Crippen molar-refractivity contribution in [2.75, 3.05) is 38.0 Å². The lowest BCUT2D eigenvalue weighted by atomic mass is 10.4. The lowest BCUT2D eigenvalue weighted by Crippen LogP contribution is -2.12. The molecule has 80 valence electrons. The highest BCUT2D eigenvalue weighted by Gasteiger charge is 2.08. The number of rotatable bonds is 2. The summed E-state index contributed by atoms with van der Waals surface area (Å²) in [4.78, 5) is 8.53. The van der Waals surface area contributed by atoms with Gasteiger partial charge in [-0.25, -0.2) is 9.50 Å². The second-order valence-electron chi connectivity index (χ2n) is 3.87. The van der Waals surface area contributed by atoms with Gasteiger partial charge in [-0.3, -0.25) is 0 Å². The van der Waals surface area contributed by atoms with E-state index < -0.39 is 0 Å². The maximum atomic E-state index is 4.54. The van der Waals surface area contributed by atoms with Crippen molar-refractivity contribution in [2.45, 2.75) is 0 Å². The highest BCUT2D eigenvalue weighted by Crippen LogP contribution is 2.19. The molecule has 2 aromatic rings. The minimum Gasteiger partial charge on any atom is -0.373 e. The summed E-state index contributed by atoms with van der Waals surface area (Å²) in [6, 6.07) is 1.94. The molecule has 0 aliphatic rings. The van der Waals surface area contributed by atoms with Crippen LogP contribution >= 0.6 is 0 Å². The molecule has 2 aromatic heterocycles. The first kappa shape index (κ1) is 9.76. The quantitative estimate of drug-likeness (QED) is 0.728. The van der Waals surface area contributed by atoms with Gasteiger partial charge < -0.3 is 9.80 Å². The van der Waals surface area contributed by atoms with Crippen molar-refractivity contribution >= 4 is 17.2 Å². The zero-order valence-corrected chi connectivity index (χ0v) is 9.47. The number of fused-ring (bicyclic) bond motifs is 1. The molecule has 0 saturated carbocycles. The van der Waals surface area contributed by atoms with Gasteiger partial charge in [0.05, 0.1) is 6.20 Å². The van der Waals surface area contributed by atoms with Crippen LogP contribution in [-0.4, -0.2) is 42.8 Å². The van der Waals surface area contributed by atoms with Crippen LogP contribution in [-0.2, 0) is 0 Å². The van der Waals surface area contributed by atoms with Crippen LogP contribution in [0.15, 0.2) is 18.5 Å². The summed E-state index contributed by atoms with van der Waals surface area (Å²) in [6.45, 7) is 0.